The number of carbonyl (C=O) groups is 1. The van der Waals surface area contributed by atoms with Crippen molar-refractivity contribution in [2.24, 2.45) is 0 Å². The largest absolute Gasteiger partial charge is 0.399 e. The lowest BCUT2D eigenvalue weighted by Gasteiger charge is -2.23. The van der Waals surface area contributed by atoms with E-state index in [0.717, 1.165) is 12.8 Å². The number of nitrogen functional groups attached to an aromatic ring is 1. The predicted octanol–water partition coefficient (Wildman–Crippen LogP) is 2.25. The first-order valence-corrected chi connectivity index (χ1v) is 5.98. The number of nitrogens with one attached hydrogen (secondary N) is 1. The molecule has 0 saturated carbocycles. The molecule has 0 unspecified atom stereocenters. The Hall–Kier alpha value is -0.970. The summed E-state index contributed by atoms with van der Waals surface area (Å²) in [5.41, 5.74) is 6.60. The average Bonchev–Trinajstić information content (AvgIpc) is 2.30. The summed E-state index contributed by atoms with van der Waals surface area (Å²) in [6.07, 6.45) is 1.69. The van der Waals surface area contributed by atoms with E-state index in [0.29, 0.717) is 29.5 Å². The van der Waals surface area contributed by atoms with Crippen molar-refractivity contribution >= 4 is 35.6 Å². The van der Waals surface area contributed by atoms with E-state index in [9.17, 15) is 4.79 Å². The monoisotopic (exact) mass is 290 g/mol. The number of rotatable bonds is 2. The Balaban J connectivity index is 0.00000162. The lowest BCUT2D eigenvalue weighted by atomic mass is 10.1. The van der Waals surface area contributed by atoms with Crippen molar-refractivity contribution in [2.75, 3.05) is 18.9 Å². The van der Waals surface area contributed by atoms with Crippen LogP contribution < -0.4 is 11.1 Å². The Kier molecular flexibility index (Phi) is 5.72. The molecule has 0 spiro atoms. The van der Waals surface area contributed by atoms with E-state index in [4.69, 9.17) is 22.1 Å². The molecule has 1 aromatic rings. The summed E-state index contributed by atoms with van der Waals surface area (Å²) >= 11 is 5.98. The van der Waals surface area contributed by atoms with Crippen molar-refractivity contribution in [2.45, 2.75) is 18.9 Å². The van der Waals surface area contributed by atoms with E-state index in [1.54, 1.807) is 18.2 Å². The van der Waals surface area contributed by atoms with Gasteiger partial charge in [0.1, 0.15) is 0 Å². The number of amides is 1. The fourth-order valence-electron chi connectivity index (χ4n) is 1.82. The van der Waals surface area contributed by atoms with Gasteiger partial charge in [-0.3, -0.25) is 4.79 Å². The lowest BCUT2D eigenvalue weighted by molar-refractivity contribution is 0.0696. The average molecular weight is 291 g/mol. The van der Waals surface area contributed by atoms with Crippen LogP contribution in [-0.2, 0) is 4.74 Å². The van der Waals surface area contributed by atoms with Crippen molar-refractivity contribution in [3.8, 4) is 0 Å². The maximum Gasteiger partial charge on any atom is 0.253 e. The maximum absolute atomic E-state index is 12.0. The molecule has 0 atom stereocenters. The summed E-state index contributed by atoms with van der Waals surface area (Å²) < 4.78 is 5.23. The van der Waals surface area contributed by atoms with Crippen LogP contribution in [-0.4, -0.2) is 25.2 Å². The van der Waals surface area contributed by atoms with E-state index in [2.05, 4.69) is 5.32 Å². The smallest absolute Gasteiger partial charge is 0.253 e. The number of hydrogen-bond donors (Lipinski definition) is 2. The number of ether oxygens (including phenoxy) is 1. The van der Waals surface area contributed by atoms with Crippen LogP contribution in [0.5, 0.6) is 0 Å². The molecule has 1 saturated heterocycles. The van der Waals surface area contributed by atoms with Crippen LogP contribution in [0.4, 0.5) is 5.69 Å². The van der Waals surface area contributed by atoms with Crippen LogP contribution in [0, 0.1) is 0 Å². The molecule has 1 heterocycles. The Bertz CT molecular complexity index is 421. The number of hydrogen-bond acceptors (Lipinski definition) is 3. The van der Waals surface area contributed by atoms with Gasteiger partial charge in [0.15, 0.2) is 0 Å². The third-order valence-electron chi connectivity index (χ3n) is 2.79. The predicted molar refractivity (Wildman–Crippen MR) is 74.4 cm³/mol. The van der Waals surface area contributed by atoms with Crippen LogP contribution >= 0.6 is 24.0 Å². The minimum absolute atomic E-state index is 0. The van der Waals surface area contributed by atoms with E-state index in [1.807, 2.05) is 0 Å². The molecule has 4 nitrogen and oxygen atoms in total. The first-order valence-electron chi connectivity index (χ1n) is 5.60. The SMILES string of the molecule is Cl.Nc1ccc(C(=O)NC2CCOCC2)c(Cl)c1. The first-order chi connectivity index (χ1) is 8.16. The molecule has 1 aliphatic heterocycles. The number of anilines is 1. The van der Waals surface area contributed by atoms with Gasteiger partial charge in [-0.15, -0.1) is 12.4 Å². The third kappa shape index (κ3) is 3.77. The molecular weight excluding hydrogens is 275 g/mol. The van der Waals surface area contributed by atoms with Gasteiger partial charge in [-0.25, -0.2) is 0 Å². The Morgan fingerprint density at radius 3 is 2.67 bits per heavy atom. The van der Waals surface area contributed by atoms with Crippen LogP contribution in [0.25, 0.3) is 0 Å². The molecule has 0 bridgehead atoms. The number of halogens is 2. The third-order valence-corrected chi connectivity index (χ3v) is 3.11. The van der Waals surface area contributed by atoms with Gasteiger partial charge in [-0.1, -0.05) is 11.6 Å². The highest BCUT2D eigenvalue weighted by atomic mass is 35.5. The number of carbonyl (C=O) groups excluding carboxylic acids is 1. The zero-order valence-corrected chi connectivity index (χ0v) is 11.4. The second kappa shape index (κ2) is 6.83. The zero-order chi connectivity index (χ0) is 12.3. The number of nitrogens with two attached hydrogens (primary N) is 1. The quantitative estimate of drug-likeness (QED) is 0.821. The maximum atomic E-state index is 12.0. The molecule has 1 aliphatic rings. The minimum atomic E-state index is -0.151. The Morgan fingerprint density at radius 2 is 2.06 bits per heavy atom. The summed E-state index contributed by atoms with van der Waals surface area (Å²) in [5.74, 6) is -0.151. The summed E-state index contributed by atoms with van der Waals surface area (Å²) in [6, 6.07) is 5.07. The van der Waals surface area contributed by atoms with E-state index in [1.165, 1.54) is 0 Å². The van der Waals surface area contributed by atoms with Gasteiger partial charge < -0.3 is 15.8 Å². The molecule has 0 aliphatic carbocycles. The summed E-state index contributed by atoms with van der Waals surface area (Å²) in [7, 11) is 0. The van der Waals surface area contributed by atoms with Crippen LogP contribution in [0.1, 0.15) is 23.2 Å². The summed E-state index contributed by atoms with van der Waals surface area (Å²) in [5, 5.41) is 3.34. The Morgan fingerprint density at radius 1 is 1.39 bits per heavy atom. The van der Waals surface area contributed by atoms with E-state index < -0.39 is 0 Å². The van der Waals surface area contributed by atoms with Crippen molar-refractivity contribution < 1.29 is 9.53 Å². The van der Waals surface area contributed by atoms with Gasteiger partial charge in [0.2, 0.25) is 0 Å². The summed E-state index contributed by atoms with van der Waals surface area (Å²) in [6.45, 7) is 1.39. The fraction of sp³-hybridized carbons (Fsp3) is 0.417. The minimum Gasteiger partial charge on any atom is -0.399 e. The molecule has 18 heavy (non-hydrogen) atoms. The summed E-state index contributed by atoms with van der Waals surface area (Å²) in [4.78, 5) is 12.0. The molecule has 0 aromatic heterocycles. The van der Waals surface area contributed by atoms with E-state index in [-0.39, 0.29) is 24.4 Å². The van der Waals surface area contributed by atoms with Crippen LogP contribution in [0.3, 0.4) is 0 Å². The van der Waals surface area contributed by atoms with Crippen LogP contribution in [0.15, 0.2) is 18.2 Å². The fourth-order valence-corrected chi connectivity index (χ4v) is 2.10. The van der Waals surface area contributed by atoms with Gasteiger partial charge in [0.05, 0.1) is 10.6 Å². The molecule has 1 aromatic carbocycles. The topological polar surface area (TPSA) is 64.4 Å². The van der Waals surface area contributed by atoms with Crippen molar-refractivity contribution in [1.82, 2.24) is 5.32 Å². The molecule has 6 heteroatoms. The normalized spacial score (nSPS) is 15.8. The van der Waals surface area contributed by atoms with Gasteiger partial charge in [-0.05, 0) is 31.0 Å². The van der Waals surface area contributed by atoms with Gasteiger partial charge in [-0.2, -0.15) is 0 Å². The molecule has 3 N–H and O–H groups in total. The van der Waals surface area contributed by atoms with Gasteiger partial charge in [0.25, 0.3) is 5.91 Å². The highest BCUT2D eigenvalue weighted by Crippen LogP contribution is 2.19. The zero-order valence-electron chi connectivity index (χ0n) is 9.82. The van der Waals surface area contributed by atoms with E-state index >= 15 is 0 Å². The van der Waals surface area contributed by atoms with Crippen LogP contribution in [0.2, 0.25) is 5.02 Å². The molecule has 1 fully saturated rings. The van der Waals surface area contributed by atoms with Crippen molar-refractivity contribution in [3.63, 3.8) is 0 Å². The van der Waals surface area contributed by atoms with Gasteiger partial charge >= 0.3 is 0 Å². The first kappa shape index (κ1) is 15.1. The van der Waals surface area contributed by atoms with Crippen molar-refractivity contribution in [3.05, 3.63) is 28.8 Å². The van der Waals surface area contributed by atoms with Gasteiger partial charge in [0, 0.05) is 24.9 Å². The molecule has 100 valence electrons. The van der Waals surface area contributed by atoms with Crippen molar-refractivity contribution in [1.29, 1.82) is 0 Å². The molecule has 2 rings (SSSR count). The highest BCUT2D eigenvalue weighted by Gasteiger charge is 2.18. The second-order valence-electron chi connectivity index (χ2n) is 4.10. The molecule has 1 amide bonds. The standard InChI is InChI=1S/C12H15ClN2O2.ClH/c13-11-7-8(14)1-2-10(11)12(16)15-9-3-5-17-6-4-9;/h1-2,7,9H,3-6,14H2,(H,15,16);1H. The highest BCUT2D eigenvalue weighted by molar-refractivity contribution is 6.34. The Labute approximate surface area is 117 Å². The molecular formula is C12H16Cl2N2O2. The molecule has 0 radical (unpaired) electrons. The second-order valence-corrected chi connectivity index (χ2v) is 4.51. The lowest BCUT2D eigenvalue weighted by Crippen LogP contribution is -2.39. The number of benzene rings is 1.